The van der Waals surface area contributed by atoms with Crippen molar-refractivity contribution in [2.75, 3.05) is 13.2 Å². The van der Waals surface area contributed by atoms with Crippen LogP contribution in [0.25, 0.3) is 0 Å². The number of rotatable bonds is 6. The van der Waals surface area contributed by atoms with Crippen LogP contribution >= 0.6 is 8.15 Å². The van der Waals surface area contributed by atoms with Crippen LogP contribution in [0.1, 0.15) is 38.5 Å². The molecule has 2 aromatic rings. The van der Waals surface area contributed by atoms with Crippen LogP contribution in [0.3, 0.4) is 0 Å². The van der Waals surface area contributed by atoms with E-state index in [1.54, 1.807) is 0 Å². The molecule has 0 aromatic heterocycles. The van der Waals surface area contributed by atoms with Gasteiger partial charge in [-0.05, 0) is 56.3 Å². The zero-order chi connectivity index (χ0) is 20.0. The van der Waals surface area contributed by atoms with E-state index in [4.69, 9.17) is 14.3 Å². The van der Waals surface area contributed by atoms with Crippen molar-refractivity contribution in [3.05, 3.63) is 60.7 Å². The van der Waals surface area contributed by atoms with Crippen LogP contribution < -0.4 is 10.6 Å². The molecule has 1 atom stereocenters. The van der Waals surface area contributed by atoms with Crippen molar-refractivity contribution in [1.82, 2.24) is 0 Å². The van der Waals surface area contributed by atoms with E-state index in [9.17, 15) is 0 Å². The molecule has 5 aliphatic rings. The molecule has 1 heterocycles. The molecular formula is C26H30NO2P. The number of aliphatic imine (C=N–C) groups is 1. The van der Waals surface area contributed by atoms with Gasteiger partial charge in [0.25, 0.3) is 0 Å². The standard InChI is InChI=1S/C26H30NO2P/c1-3-7-23(8-4-1)30(24-9-5-2-6-10-24)29-18-22-17-28-25(27-22)26-14-19-11-20(15-26)13-21(12-19)16-26/h1-10,19-22H,11-18H2/t19?,20?,21?,22-,26?/m0/s1. The first-order chi connectivity index (χ1) is 14.8. The molecule has 1 aliphatic heterocycles. The van der Waals surface area contributed by atoms with Crippen LogP contribution in [-0.4, -0.2) is 25.2 Å². The summed E-state index contributed by atoms with van der Waals surface area (Å²) in [6.07, 6.45) is 8.30. The van der Waals surface area contributed by atoms with Crippen molar-refractivity contribution in [3.8, 4) is 0 Å². The van der Waals surface area contributed by atoms with Gasteiger partial charge in [0.05, 0.1) is 14.8 Å². The SMILES string of the molecule is c1ccc(P(OC[C@@H]2COC(C34CC5CC(CC(C5)C3)C4)=N2)c2ccccc2)cc1. The molecule has 156 valence electrons. The lowest BCUT2D eigenvalue weighted by molar-refractivity contribution is -0.0226. The number of hydrogen-bond donors (Lipinski definition) is 0. The zero-order valence-electron chi connectivity index (χ0n) is 17.5. The van der Waals surface area contributed by atoms with E-state index < -0.39 is 8.15 Å². The molecule has 4 saturated carbocycles. The molecule has 0 spiro atoms. The second-order valence-electron chi connectivity index (χ2n) is 9.86. The molecule has 4 heteroatoms. The van der Waals surface area contributed by atoms with Gasteiger partial charge in [-0.3, -0.25) is 0 Å². The molecular weight excluding hydrogens is 389 g/mol. The van der Waals surface area contributed by atoms with Crippen LogP contribution in [-0.2, 0) is 9.26 Å². The molecule has 4 aliphatic carbocycles. The highest BCUT2D eigenvalue weighted by atomic mass is 31.1. The average Bonchev–Trinajstić information content (AvgIpc) is 3.25. The first-order valence-electron chi connectivity index (χ1n) is 11.5. The largest absolute Gasteiger partial charge is 0.478 e. The molecule has 0 radical (unpaired) electrons. The summed E-state index contributed by atoms with van der Waals surface area (Å²) < 4.78 is 12.8. The van der Waals surface area contributed by atoms with Crippen LogP contribution in [0.2, 0.25) is 0 Å². The molecule has 7 rings (SSSR count). The third kappa shape index (κ3) is 3.51. The Labute approximate surface area is 180 Å². The third-order valence-electron chi connectivity index (χ3n) is 7.58. The van der Waals surface area contributed by atoms with E-state index in [1.807, 2.05) is 0 Å². The van der Waals surface area contributed by atoms with Crippen LogP contribution in [0.5, 0.6) is 0 Å². The minimum absolute atomic E-state index is 0.130. The predicted molar refractivity (Wildman–Crippen MR) is 123 cm³/mol. The minimum atomic E-state index is -0.833. The summed E-state index contributed by atoms with van der Waals surface area (Å²) in [4.78, 5) is 5.12. The molecule has 0 N–H and O–H groups in total. The van der Waals surface area contributed by atoms with Gasteiger partial charge >= 0.3 is 0 Å². The van der Waals surface area contributed by atoms with Crippen molar-refractivity contribution in [3.63, 3.8) is 0 Å². The smallest absolute Gasteiger partial charge is 0.190 e. The quantitative estimate of drug-likeness (QED) is 0.613. The minimum Gasteiger partial charge on any atom is -0.478 e. The normalized spacial score (nSPS) is 34.2. The van der Waals surface area contributed by atoms with Gasteiger partial charge in [0.2, 0.25) is 0 Å². The maximum atomic E-state index is 6.54. The monoisotopic (exact) mass is 419 g/mol. The van der Waals surface area contributed by atoms with Crippen molar-refractivity contribution >= 4 is 24.7 Å². The summed E-state index contributed by atoms with van der Waals surface area (Å²) in [5, 5.41) is 2.51. The van der Waals surface area contributed by atoms with E-state index in [-0.39, 0.29) is 11.5 Å². The van der Waals surface area contributed by atoms with Crippen LogP contribution in [0, 0.1) is 23.2 Å². The van der Waals surface area contributed by atoms with Crippen molar-refractivity contribution in [1.29, 1.82) is 0 Å². The number of ether oxygens (including phenoxy) is 1. The molecule has 0 unspecified atom stereocenters. The van der Waals surface area contributed by atoms with Crippen molar-refractivity contribution in [2.24, 2.45) is 28.2 Å². The van der Waals surface area contributed by atoms with E-state index in [0.29, 0.717) is 13.2 Å². The van der Waals surface area contributed by atoms with E-state index in [2.05, 4.69) is 60.7 Å². The highest BCUT2D eigenvalue weighted by Gasteiger charge is 2.55. The first kappa shape index (κ1) is 19.0. The van der Waals surface area contributed by atoms with Gasteiger partial charge in [0.1, 0.15) is 12.6 Å². The summed E-state index contributed by atoms with van der Waals surface area (Å²) in [5.41, 5.74) is 0.257. The summed E-state index contributed by atoms with van der Waals surface area (Å²) in [7, 11) is -0.833. The zero-order valence-corrected chi connectivity index (χ0v) is 18.3. The Balaban J connectivity index is 1.18. The van der Waals surface area contributed by atoms with Gasteiger partial charge in [-0.15, -0.1) is 0 Å². The molecule has 0 saturated heterocycles. The summed E-state index contributed by atoms with van der Waals surface area (Å²) in [6, 6.07) is 21.3. The van der Waals surface area contributed by atoms with Gasteiger partial charge in [0.15, 0.2) is 5.90 Å². The summed E-state index contributed by atoms with van der Waals surface area (Å²) in [5.74, 6) is 3.84. The highest BCUT2D eigenvalue weighted by Crippen LogP contribution is 2.61. The Kier molecular flexibility index (Phi) is 4.93. The van der Waals surface area contributed by atoms with Gasteiger partial charge in [-0.25, -0.2) is 4.99 Å². The molecule has 4 fully saturated rings. The van der Waals surface area contributed by atoms with E-state index >= 15 is 0 Å². The van der Waals surface area contributed by atoms with Gasteiger partial charge in [-0.2, -0.15) is 0 Å². The highest BCUT2D eigenvalue weighted by molar-refractivity contribution is 7.68. The topological polar surface area (TPSA) is 30.8 Å². The van der Waals surface area contributed by atoms with Crippen molar-refractivity contribution in [2.45, 2.75) is 44.6 Å². The Morgan fingerprint density at radius 3 is 1.90 bits per heavy atom. The second-order valence-corrected chi connectivity index (χ2v) is 11.7. The average molecular weight is 420 g/mol. The lowest BCUT2D eigenvalue weighted by Gasteiger charge is -2.56. The van der Waals surface area contributed by atoms with Gasteiger partial charge in [0, 0.05) is 16.0 Å². The lowest BCUT2D eigenvalue weighted by atomic mass is 9.49. The van der Waals surface area contributed by atoms with E-state index in [1.165, 1.54) is 49.1 Å². The summed E-state index contributed by atoms with van der Waals surface area (Å²) >= 11 is 0. The maximum Gasteiger partial charge on any atom is 0.190 e. The van der Waals surface area contributed by atoms with E-state index in [0.717, 1.165) is 23.7 Å². The second kappa shape index (κ2) is 7.77. The molecule has 2 aromatic carbocycles. The number of benzene rings is 2. The maximum absolute atomic E-state index is 6.54. The fourth-order valence-corrected chi connectivity index (χ4v) is 8.55. The Bertz CT molecular complexity index is 838. The Morgan fingerprint density at radius 2 is 1.37 bits per heavy atom. The van der Waals surface area contributed by atoms with Gasteiger partial charge in [-0.1, -0.05) is 60.7 Å². The number of hydrogen-bond acceptors (Lipinski definition) is 3. The third-order valence-corrected chi connectivity index (χ3v) is 9.52. The predicted octanol–water partition coefficient (Wildman–Crippen LogP) is 5.06. The van der Waals surface area contributed by atoms with Crippen LogP contribution in [0.15, 0.2) is 65.7 Å². The fourth-order valence-electron chi connectivity index (χ4n) is 6.75. The molecule has 30 heavy (non-hydrogen) atoms. The molecule has 3 nitrogen and oxygen atoms in total. The first-order valence-corrected chi connectivity index (χ1v) is 12.8. The number of nitrogens with zero attached hydrogens (tertiary/aromatic N) is 1. The van der Waals surface area contributed by atoms with Gasteiger partial charge < -0.3 is 9.26 Å². The van der Waals surface area contributed by atoms with Crippen LogP contribution in [0.4, 0.5) is 0 Å². The molecule has 4 bridgehead atoms. The Morgan fingerprint density at radius 1 is 0.833 bits per heavy atom. The Hall–Kier alpha value is -1.70. The summed E-state index contributed by atoms with van der Waals surface area (Å²) in [6.45, 7) is 1.31. The molecule has 0 amide bonds. The fraction of sp³-hybridized carbons (Fsp3) is 0.500. The lowest BCUT2D eigenvalue weighted by Crippen LogP contribution is -2.50. The van der Waals surface area contributed by atoms with Crippen molar-refractivity contribution < 1.29 is 9.26 Å².